The fraction of sp³-hybridized carbons (Fsp3) is 0.304. The summed E-state index contributed by atoms with van der Waals surface area (Å²) in [5.74, 6) is -2.19. The van der Waals surface area contributed by atoms with Crippen LogP contribution in [0.5, 0.6) is 5.75 Å². The van der Waals surface area contributed by atoms with Crippen molar-refractivity contribution in [2.24, 2.45) is 0 Å². The van der Waals surface area contributed by atoms with E-state index in [2.05, 4.69) is 15.3 Å². The first-order valence-corrected chi connectivity index (χ1v) is 12.5. The molecule has 0 spiro atoms. The molecule has 1 aromatic carbocycles. The van der Waals surface area contributed by atoms with E-state index in [0.29, 0.717) is 23.9 Å². The monoisotopic (exact) mass is 518 g/mol. The Morgan fingerprint density at radius 2 is 1.97 bits per heavy atom. The zero-order chi connectivity index (χ0) is 26.2. The lowest BCUT2D eigenvalue weighted by atomic mass is 10.1. The first kappa shape index (κ1) is 25.6. The molecule has 1 aliphatic rings. The number of pyridine rings is 2. The minimum absolute atomic E-state index is 0.0707. The summed E-state index contributed by atoms with van der Waals surface area (Å²) >= 11 is 0. The molecule has 1 saturated heterocycles. The van der Waals surface area contributed by atoms with Crippen LogP contribution in [0.1, 0.15) is 32.8 Å². The number of halogens is 1. The molecule has 1 aliphatic heterocycles. The standard InChI is InChI=1S/C23H27FN6O5S/c1-28(2)23(33)17-12-15(24)8-7-14(17)13-26-22(32)19-20(31)18-16(6-4-9-25-18)21(27-19)30-11-5-10-29(3)36(30,34)35/h4,6-9,12,31,34-35H,5,10-11,13H2,1-3H3,(H,26,32). The minimum Gasteiger partial charge on any atom is -0.504 e. The summed E-state index contributed by atoms with van der Waals surface area (Å²) in [7, 11) is 1.24. The molecule has 2 amide bonds. The lowest BCUT2D eigenvalue weighted by molar-refractivity contribution is 0.0823. The molecule has 11 nitrogen and oxygen atoms in total. The molecule has 36 heavy (non-hydrogen) atoms. The summed E-state index contributed by atoms with van der Waals surface area (Å²) < 4.78 is 38.1. The van der Waals surface area contributed by atoms with Crippen LogP contribution in [-0.2, 0) is 6.54 Å². The maximum absolute atomic E-state index is 13.8. The van der Waals surface area contributed by atoms with Crippen LogP contribution in [-0.4, -0.2) is 79.4 Å². The molecule has 0 unspecified atom stereocenters. The topological polar surface area (TPSA) is 142 Å². The van der Waals surface area contributed by atoms with E-state index in [1.54, 1.807) is 19.2 Å². The Labute approximate surface area is 208 Å². The third-order valence-corrected chi connectivity index (χ3v) is 7.83. The molecular formula is C23H27FN6O5S. The highest BCUT2D eigenvalue weighted by Gasteiger charge is 2.35. The van der Waals surface area contributed by atoms with Crippen LogP contribution in [0.3, 0.4) is 0 Å². The van der Waals surface area contributed by atoms with Crippen molar-refractivity contribution < 1.29 is 28.2 Å². The normalized spacial score (nSPS) is 16.6. The summed E-state index contributed by atoms with van der Waals surface area (Å²) in [6, 6.07) is 6.90. The molecule has 0 atom stereocenters. The van der Waals surface area contributed by atoms with Crippen molar-refractivity contribution in [3.05, 3.63) is 59.2 Å². The van der Waals surface area contributed by atoms with E-state index in [1.807, 2.05) is 0 Å². The number of aromatic hydroxyl groups is 1. The molecule has 4 N–H and O–H groups in total. The van der Waals surface area contributed by atoms with E-state index in [1.165, 1.54) is 45.9 Å². The van der Waals surface area contributed by atoms with Gasteiger partial charge in [0.25, 0.3) is 11.8 Å². The van der Waals surface area contributed by atoms with Crippen molar-refractivity contribution in [3.8, 4) is 5.75 Å². The van der Waals surface area contributed by atoms with Gasteiger partial charge in [-0.25, -0.2) is 13.7 Å². The molecule has 4 rings (SSSR count). The van der Waals surface area contributed by atoms with Gasteiger partial charge < -0.3 is 15.3 Å². The van der Waals surface area contributed by atoms with Gasteiger partial charge in [-0.3, -0.25) is 23.7 Å². The molecule has 1 fully saturated rings. The molecule has 0 saturated carbocycles. The van der Waals surface area contributed by atoms with Gasteiger partial charge in [0.05, 0.1) is 0 Å². The molecule has 2 aromatic heterocycles. The number of nitrogens with zero attached hydrogens (tertiary/aromatic N) is 5. The number of anilines is 1. The van der Waals surface area contributed by atoms with Crippen molar-refractivity contribution in [1.82, 2.24) is 24.5 Å². The van der Waals surface area contributed by atoms with Crippen molar-refractivity contribution in [1.29, 1.82) is 0 Å². The number of nitrogens with one attached hydrogen (secondary N) is 1. The molecule has 0 radical (unpaired) electrons. The predicted molar refractivity (Wildman–Crippen MR) is 134 cm³/mol. The van der Waals surface area contributed by atoms with E-state index in [4.69, 9.17) is 0 Å². The van der Waals surface area contributed by atoms with Crippen LogP contribution in [0, 0.1) is 5.82 Å². The number of aromatic nitrogens is 2. The van der Waals surface area contributed by atoms with Crippen LogP contribution in [0.25, 0.3) is 10.9 Å². The average molecular weight is 519 g/mol. The molecule has 3 aromatic rings. The van der Waals surface area contributed by atoms with Crippen LogP contribution < -0.4 is 9.62 Å². The maximum Gasteiger partial charge on any atom is 0.274 e. The van der Waals surface area contributed by atoms with Crippen LogP contribution in [0.2, 0.25) is 0 Å². The van der Waals surface area contributed by atoms with Gasteiger partial charge in [-0.15, -0.1) is 0 Å². The smallest absolute Gasteiger partial charge is 0.274 e. The SMILES string of the molecule is CN(C)C(=O)c1cc(F)ccc1CNC(=O)c1nc(N2CCCN(C)S2(O)O)c2cccnc2c1O. The Morgan fingerprint density at radius 3 is 2.69 bits per heavy atom. The Kier molecular flexibility index (Phi) is 7.00. The Bertz CT molecular complexity index is 1340. The number of carbonyl (C=O) groups is 2. The third kappa shape index (κ3) is 4.65. The second-order valence-electron chi connectivity index (χ2n) is 8.51. The number of rotatable bonds is 5. The predicted octanol–water partition coefficient (Wildman–Crippen LogP) is 2.83. The Morgan fingerprint density at radius 1 is 1.22 bits per heavy atom. The van der Waals surface area contributed by atoms with Crippen molar-refractivity contribution in [2.45, 2.75) is 13.0 Å². The number of carbonyl (C=O) groups excluding carboxylic acids is 2. The average Bonchev–Trinajstić information content (AvgIpc) is 2.85. The van der Waals surface area contributed by atoms with Gasteiger partial charge in [-0.1, -0.05) is 6.07 Å². The van der Waals surface area contributed by atoms with Crippen LogP contribution in [0.4, 0.5) is 10.2 Å². The molecule has 13 heteroatoms. The summed E-state index contributed by atoms with van der Waals surface area (Å²) in [4.78, 5) is 35.4. The van der Waals surface area contributed by atoms with Crippen molar-refractivity contribution in [3.63, 3.8) is 0 Å². The summed E-state index contributed by atoms with van der Waals surface area (Å²) in [6.45, 7) is 0.583. The van der Waals surface area contributed by atoms with Gasteiger partial charge in [0.15, 0.2) is 17.3 Å². The zero-order valence-electron chi connectivity index (χ0n) is 20.0. The Balaban J connectivity index is 1.71. The lowest BCUT2D eigenvalue weighted by Gasteiger charge is -2.51. The largest absolute Gasteiger partial charge is 0.504 e. The number of hydrogen-bond donors (Lipinski definition) is 4. The number of benzene rings is 1. The summed E-state index contributed by atoms with van der Waals surface area (Å²) in [5.41, 5.74) is 0.154. The summed E-state index contributed by atoms with van der Waals surface area (Å²) in [5, 5.41) is 13.8. The van der Waals surface area contributed by atoms with E-state index in [0.717, 1.165) is 6.07 Å². The van der Waals surface area contributed by atoms with Gasteiger partial charge in [0, 0.05) is 57.9 Å². The van der Waals surface area contributed by atoms with E-state index < -0.39 is 34.3 Å². The molecule has 192 valence electrons. The van der Waals surface area contributed by atoms with E-state index >= 15 is 0 Å². The minimum atomic E-state index is -3.40. The van der Waals surface area contributed by atoms with E-state index in [-0.39, 0.29) is 35.7 Å². The number of fused-ring (bicyclic) bond motifs is 1. The van der Waals surface area contributed by atoms with E-state index in [9.17, 15) is 28.2 Å². The molecule has 0 aliphatic carbocycles. The quantitative estimate of drug-likeness (QED) is 0.401. The van der Waals surface area contributed by atoms with Crippen LogP contribution >= 0.6 is 11.0 Å². The van der Waals surface area contributed by atoms with Crippen LogP contribution in [0.15, 0.2) is 36.5 Å². The van der Waals surface area contributed by atoms with Crippen molar-refractivity contribution >= 4 is 39.5 Å². The number of amides is 2. The maximum atomic E-state index is 13.8. The fourth-order valence-electron chi connectivity index (χ4n) is 3.93. The third-order valence-electron chi connectivity index (χ3n) is 5.86. The Hall–Kier alpha value is -3.52. The number of hydrogen-bond acceptors (Lipinski definition) is 9. The molecule has 3 heterocycles. The van der Waals surface area contributed by atoms with Gasteiger partial charge in [-0.2, -0.15) is 4.31 Å². The van der Waals surface area contributed by atoms with Crippen molar-refractivity contribution in [2.75, 3.05) is 38.5 Å². The second kappa shape index (κ2) is 9.85. The highest BCUT2D eigenvalue weighted by atomic mass is 32.3. The first-order chi connectivity index (χ1) is 17.0. The van der Waals surface area contributed by atoms with Gasteiger partial charge >= 0.3 is 0 Å². The fourth-order valence-corrected chi connectivity index (χ4v) is 5.38. The molecular weight excluding hydrogens is 491 g/mol. The zero-order valence-corrected chi connectivity index (χ0v) is 20.8. The summed E-state index contributed by atoms with van der Waals surface area (Å²) in [6.07, 6.45) is 2.05. The lowest BCUT2D eigenvalue weighted by Crippen LogP contribution is -2.44. The highest BCUT2D eigenvalue weighted by Crippen LogP contribution is 2.52. The first-order valence-electron chi connectivity index (χ1n) is 11.1. The van der Waals surface area contributed by atoms with Gasteiger partial charge in [0.1, 0.15) is 11.3 Å². The second-order valence-corrected chi connectivity index (χ2v) is 10.6. The highest BCUT2D eigenvalue weighted by molar-refractivity contribution is 8.23. The van der Waals surface area contributed by atoms with Gasteiger partial charge in [0.2, 0.25) is 0 Å². The van der Waals surface area contributed by atoms with Gasteiger partial charge in [-0.05, 0) is 47.2 Å². The molecule has 0 bridgehead atoms.